The van der Waals surface area contributed by atoms with Gasteiger partial charge in [-0.15, -0.1) is 0 Å². The van der Waals surface area contributed by atoms with Gasteiger partial charge >= 0.3 is 5.97 Å². The summed E-state index contributed by atoms with van der Waals surface area (Å²) in [4.78, 5) is 11.2. The van der Waals surface area contributed by atoms with Crippen LogP contribution in [0.15, 0.2) is 24.3 Å². The molecule has 3 nitrogen and oxygen atoms in total. The number of hydrogen-bond donors (Lipinski definition) is 1. The molecule has 0 saturated carbocycles. The van der Waals surface area contributed by atoms with Crippen LogP contribution in [-0.2, 0) is 15.7 Å². The van der Waals surface area contributed by atoms with Gasteiger partial charge in [0.2, 0.25) is 0 Å². The molecule has 80 valence electrons. The van der Waals surface area contributed by atoms with E-state index in [1.165, 1.54) is 0 Å². The summed E-state index contributed by atoms with van der Waals surface area (Å²) in [5.41, 5.74) is 1.08. The number of hydrogen-bond acceptors (Lipinski definition) is 3. The van der Waals surface area contributed by atoms with Gasteiger partial charge in [0.1, 0.15) is 6.04 Å². The first kappa shape index (κ1) is 15.1. The quantitative estimate of drug-likeness (QED) is 0.551. The van der Waals surface area contributed by atoms with E-state index in [0.717, 1.165) is 5.56 Å². The summed E-state index contributed by atoms with van der Waals surface area (Å²) >= 11 is 0. The average Bonchev–Trinajstić information content (AvgIpc) is 2.26. The fourth-order valence-electron chi connectivity index (χ4n) is 1.18. The number of carbonyl (C=O) groups is 1. The summed E-state index contributed by atoms with van der Waals surface area (Å²) < 4.78 is 4.58. The summed E-state index contributed by atoms with van der Waals surface area (Å²) in [5.74, 6) is -0.273. The van der Waals surface area contributed by atoms with E-state index in [-0.39, 0.29) is 43.1 Å². The molecule has 0 aliphatic heterocycles. The van der Waals surface area contributed by atoms with Crippen LogP contribution in [0.5, 0.6) is 0 Å². The zero-order valence-electron chi connectivity index (χ0n) is 8.49. The Morgan fingerprint density at radius 2 is 2.20 bits per heavy atom. The molecule has 1 rings (SSSR count). The van der Waals surface area contributed by atoms with Crippen LogP contribution in [0.3, 0.4) is 0 Å². The van der Waals surface area contributed by atoms with E-state index in [9.17, 15) is 4.79 Å². The van der Waals surface area contributed by atoms with Crippen molar-refractivity contribution in [1.82, 2.24) is 5.32 Å². The van der Waals surface area contributed by atoms with Crippen molar-refractivity contribution in [1.29, 1.82) is 0 Å². The van der Waals surface area contributed by atoms with Crippen molar-refractivity contribution >= 4 is 15.4 Å². The van der Waals surface area contributed by atoms with Crippen molar-refractivity contribution in [2.45, 2.75) is 12.5 Å². The van der Waals surface area contributed by atoms with Gasteiger partial charge in [0, 0.05) is 31.1 Å². The number of rotatable bonds is 4. The number of likely N-dealkylation sites (N-methyl/N-ethyl adjacent to an activating group) is 1. The molecule has 0 radical (unpaired) electrons. The summed E-state index contributed by atoms with van der Waals surface area (Å²) in [7, 11) is 3.70. The van der Waals surface area contributed by atoms with E-state index in [1.807, 2.05) is 33.7 Å². The van der Waals surface area contributed by atoms with Crippen LogP contribution in [0, 0.1) is 37.2 Å². The van der Waals surface area contributed by atoms with Gasteiger partial charge in [-0.05, 0) is 13.5 Å². The largest absolute Gasteiger partial charge is 0.450 e. The maximum Gasteiger partial charge on any atom is 0.325 e. The maximum absolute atomic E-state index is 11.2. The molecule has 2 atom stereocenters. The minimum atomic E-state index is -0.296. The molecule has 0 aromatic heterocycles. The summed E-state index contributed by atoms with van der Waals surface area (Å²) in [6.07, 6.45) is 0.623. The van der Waals surface area contributed by atoms with E-state index in [1.54, 1.807) is 7.05 Å². The minimum absolute atomic E-state index is 0. The zero-order chi connectivity index (χ0) is 10.4. The molecule has 1 aromatic rings. The summed E-state index contributed by atoms with van der Waals surface area (Å²) in [6.45, 7) is 0. The van der Waals surface area contributed by atoms with Crippen molar-refractivity contribution in [3.63, 3.8) is 0 Å². The molecule has 0 saturated heterocycles. The summed E-state index contributed by atoms with van der Waals surface area (Å²) in [6, 6.07) is 10.1. The Labute approximate surface area is 116 Å². The normalized spacial score (nSPS) is 11.3. The molecule has 1 aromatic carbocycles. The van der Waals surface area contributed by atoms with Gasteiger partial charge in [0.15, 0.2) is 0 Å². The van der Waals surface area contributed by atoms with E-state index in [4.69, 9.17) is 0 Å². The van der Waals surface area contributed by atoms with E-state index < -0.39 is 0 Å². The van der Waals surface area contributed by atoms with Crippen LogP contribution in [0.4, 0.5) is 0 Å². The van der Waals surface area contributed by atoms with Crippen LogP contribution in [-0.4, -0.2) is 19.1 Å². The third-order valence-corrected chi connectivity index (χ3v) is 2.21. The third kappa shape index (κ3) is 5.13. The second-order valence-corrected chi connectivity index (χ2v) is 3.13. The van der Waals surface area contributed by atoms with Crippen LogP contribution in [0.1, 0.15) is 5.56 Å². The van der Waals surface area contributed by atoms with Crippen molar-refractivity contribution in [3.8, 4) is 0 Å². The van der Waals surface area contributed by atoms with Gasteiger partial charge in [-0.25, -0.2) is 0 Å². The van der Waals surface area contributed by atoms with Gasteiger partial charge < -0.3 is 9.84 Å². The van der Waals surface area contributed by atoms with Gasteiger partial charge in [-0.2, -0.15) is 35.9 Å². The molecule has 1 unspecified atom stereocenters. The van der Waals surface area contributed by atoms with Crippen LogP contribution in [0.2, 0.25) is 0 Å². The average molecular weight is 448 g/mol. The smallest absolute Gasteiger partial charge is 0.325 e. The number of benzene rings is 1. The fourth-order valence-corrected chi connectivity index (χ4v) is 1.34. The molecule has 5 heteroatoms. The fraction of sp³-hybridized carbons (Fsp3) is 0.300. The molecule has 0 aliphatic carbocycles. The van der Waals surface area contributed by atoms with Crippen molar-refractivity contribution in [3.05, 3.63) is 35.9 Å². The Balaban J connectivity index is 0.00000196. The molecular formula is C10H13NO2PU-. The van der Waals surface area contributed by atoms with Crippen molar-refractivity contribution in [2.24, 2.45) is 0 Å². The minimum Gasteiger partial charge on any atom is -0.450 e. The van der Waals surface area contributed by atoms with Gasteiger partial charge in [-0.3, -0.25) is 4.79 Å². The zero-order valence-corrected chi connectivity index (χ0v) is 13.8. The Hall–Kier alpha value is 0.132. The maximum atomic E-state index is 11.2. The molecular weight excluding hydrogens is 435 g/mol. The third-order valence-electron chi connectivity index (χ3n) is 1.98. The molecule has 15 heavy (non-hydrogen) atoms. The van der Waals surface area contributed by atoms with E-state index in [0.29, 0.717) is 6.42 Å². The first-order chi connectivity index (χ1) is 6.77. The second-order valence-electron chi connectivity index (χ2n) is 2.89. The summed E-state index contributed by atoms with van der Waals surface area (Å²) in [5, 5.41) is 2.90. The monoisotopic (exact) mass is 448 g/mol. The predicted molar refractivity (Wildman–Crippen MR) is 57.6 cm³/mol. The Bertz CT molecular complexity index is 295. The Morgan fingerprint density at radius 1 is 1.60 bits per heavy atom. The second kappa shape index (κ2) is 8.30. The molecule has 0 amide bonds. The van der Waals surface area contributed by atoms with Crippen LogP contribution < -0.4 is 5.32 Å². The molecule has 0 aliphatic rings. The van der Waals surface area contributed by atoms with Gasteiger partial charge in [0.05, 0.1) is 9.47 Å². The molecule has 0 heterocycles. The standard InChI is InChI=1S/C10H13NO2P.U/c1-11-9(10(12)13-14)7-8-5-3-2-4-6-8;/h3-6,9,11H,7,14H2,1H3;/q-1;/t9-;/m0./s1. The number of nitrogens with one attached hydrogen (secondary N) is 1. The van der Waals surface area contributed by atoms with Crippen molar-refractivity contribution in [2.75, 3.05) is 7.05 Å². The Kier molecular flexibility index (Phi) is 8.38. The molecule has 0 spiro atoms. The SMILES string of the molecule is CN[C@@H](Cc1cc[c-]cc1)C(=O)OP.[U]. The molecule has 1 N–H and O–H groups in total. The van der Waals surface area contributed by atoms with E-state index in [2.05, 4.69) is 15.9 Å². The topological polar surface area (TPSA) is 38.3 Å². The van der Waals surface area contributed by atoms with Gasteiger partial charge in [-0.1, -0.05) is 0 Å². The first-order valence-corrected chi connectivity index (χ1v) is 4.78. The molecule has 0 bridgehead atoms. The number of carbonyl (C=O) groups excluding carboxylic acids is 1. The molecule has 0 fully saturated rings. The van der Waals surface area contributed by atoms with Gasteiger partial charge in [0.25, 0.3) is 0 Å². The Morgan fingerprint density at radius 3 is 2.67 bits per heavy atom. The van der Waals surface area contributed by atoms with Crippen molar-refractivity contribution < 1.29 is 40.4 Å². The van der Waals surface area contributed by atoms with E-state index >= 15 is 0 Å². The van der Waals surface area contributed by atoms with Crippen LogP contribution in [0.25, 0.3) is 0 Å². The predicted octanol–water partition coefficient (Wildman–Crippen LogP) is 0.951. The first-order valence-electron chi connectivity index (χ1n) is 4.30. The van der Waals surface area contributed by atoms with Crippen LogP contribution >= 0.6 is 9.47 Å².